The lowest BCUT2D eigenvalue weighted by Crippen LogP contribution is -2.47. The highest BCUT2D eigenvalue weighted by molar-refractivity contribution is 7.47. The first kappa shape index (κ1) is 76.2. The molecule has 0 aliphatic rings. The van der Waals surface area contributed by atoms with Gasteiger partial charge in [0.2, 0.25) is 5.91 Å². The quantitative estimate of drug-likeness (QED) is 0.0156. The molecule has 460 valence electrons. The second kappa shape index (κ2) is 58.4. The van der Waals surface area contributed by atoms with Gasteiger partial charge >= 0.3 is 13.8 Å². The monoisotopic (exact) mass is 1120 g/mol. The number of quaternary nitrogens is 1. The topological polar surface area (TPSA) is 111 Å². The van der Waals surface area contributed by atoms with Crippen LogP contribution in [0, 0.1) is 0 Å². The number of carbonyl (C=O) groups is 2. The van der Waals surface area contributed by atoms with Crippen LogP contribution in [0.3, 0.4) is 0 Å². The van der Waals surface area contributed by atoms with Gasteiger partial charge in [-0.3, -0.25) is 18.6 Å². The lowest BCUT2D eigenvalue weighted by molar-refractivity contribution is -0.870. The first-order valence-corrected chi connectivity index (χ1v) is 35.3. The summed E-state index contributed by atoms with van der Waals surface area (Å²) in [7, 11) is 1.50. The normalized spacial score (nSPS) is 13.8. The Labute approximate surface area is 485 Å². The number of hydrogen-bond acceptors (Lipinski definition) is 6. The molecule has 1 amide bonds. The number of ether oxygens (including phenoxy) is 1. The van der Waals surface area contributed by atoms with Gasteiger partial charge in [-0.2, -0.15) is 0 Å². The van der Waals surface area contributed by atoms with Crippen LogP contribution in [0.2, 0.25) is 0 Å². The lowest BCUT2D eigenvalue weighted by atomic mass is 10.0. The van der Waals surface area contributed by atoms with Crippen LogP contribution in [0.25, 0.3) is 0 Å². The fourth-order valence-corrected chi connectivity index (χ4v) is 10.8. The van der Waals surface area contributed by atoms with E-state index in [0.717, 1.165) is 77.0 Å². The molecule has 0 heterocycles. The summed E-state index contributed by atoms with van der Waals surface area (Å²) in [4.78, 5) is 37.8. The molecule has 0 saturated heterocycles. The molecule has 0 aliphatic carbocycles. The maximum atomic E-state index is 13.6. The van der Waals surface area contributed by atoms with Gasteiger partial charge in [-0.1, -0.05) is 302 Å². The molecular weight excluding hydrogens is 988 g/mol. The highest BCUT2D eigenvalue weighted by Gasteiger charge is 2.30. The highest BCUT2D eigenvalue weighted by atomic mass is 31.2. The van der Waals surface area contributed by atoms with Crippen LogP contribution in [0.5, 0.6) is 0 Å². The van der Waals surface area contributed by atoms with Crippen molar-refractivity contribution >= 4 is 19.7 Å². The third-order valence-electron chi connectivity index (χ3n) is 15.4. The Morgan fingerprint density at radius 3 is 1.15 bits per heavy atom. The summed E-state index contributed by atoms with van der Waals surface area (Å²) >= 11 is 0. The fraction of sp³-hybridized carbons (Fsp3) is 0.882. The highest BCUT2D eigenvalue weighted by Crippen LogP contribution is 2.43. The van der Waals surface area contributed by atoms with Crippen molar-refractivity contribution in [2.75, 3.05) is 40.9 Å². The minimum absolute atomic E-state index is 0.0406. The predicted molar refractivity (Wildman–Crippen MR) is 337 cm³/mol. The van der Waals surface area contributed by atoms with Gasteiger partial charge in [-0.15, -0.1) is 0 Å². The van der Waals surface area contributed by atoms with E-state index in [0.29, 0.717) is 17.4 Å². The standard InChI is InChI=1S/C68H131N2O7P/c1-7-10-13-16-19-22-25-28-30-31-32-33-34-35-36-37-38-39-41-42-45-48-51-54-57-60-67(71)69-65(64-76-78(73,74)75-63-62-70(4,5)6)66(59-56-53-50-47-44-27-24-21-18-15-12-9-3)77-68(72)61-58-55-52-49-46-43-40-29-26-23-20-17-14-11-8-2/h20,23,26,29,56,59,65-66H,7-19,21-22,24-25,27-28,30-55,57-58,60-64H2,1-6H3,(H-,69,71,73,74)/p+1/b23-20+,29-26+,59-56-. The van der Waals surface area contributed by atoms with Crippen molar-refractivity contribution < 1.29 is 37.3 Å². The zero-order valence-electron chi connectivity index (χ0n) is 52.7. The molecule has 0 rings (SSSR count). The van der Waals surface area contributed by atoms with Gasteiger partial charge in [0.05, 0.1) is 33.8 Å². The van der Waals surface area contributed by atoms with Gasteiger partial charge < -0.3 is 19.4 Å². The zero-order chi connectivity index (χ0) is 57.2. The summed E-state index contributed by atoms with van der Waals surface area (Å²) in [6.45, 7) is 7.02. The van der Waals surface area contributed by atoms with Gasteiger partial charge in [0, 0.05) is 12.8 Å². The number of carbonyl (C=O) groups excluding carboxylic acids is 2. The Kier molecular flexibility index (Phi) is 57.1. The van der Waals surface area contributed by atoms with E-state index in [1.807, 2.05) is 33.3 Å². The molecule has 0 aromatic heterocycles. The molecule has 0 spiro atoms. The van der Waals surface area contributed by atoms with Gasteiger partial charge in [0.25, 0.3) is 0 Å². The van der Waals surface area contributed by atoms with E-state index in [-0.39, 0.29) is 31.5 Å². The van der Waals surface area contributed by atoms with E-state index in [4.69, 9.17) is 13.8 Å². The van der Waals surface area contributed by atoms with Crippen molar-refractivity contribution in [3.63, 3.8) is 0 Å². The van der Waals surface area contributed by atoms with Crippen LogP contribution >= 0.6 is 7.82 Å². The summed E-state index contributed by atoms with van der Waals surface area (Å²) in [6, 6.07) is -0.849. The molecule has 3 atom stereocenters. The number of allylic oxidation sites excluding steroid dienone is 5. The number of amides is 1. The first-order chi connectivity index (χ1) is 37.9. The van der Waals surface area contributed by atoms with Crippen molar-refractivity contribution in [1.29, 1.82) is 0 Å². The SMILES string of the molecule is CCCCC/C=C/C=C/CCCCCCCCC(=O)OC(/C=C\CCCCCCCCCCCC)C(COP(=O)(O)OCC[N+](C)(C)C)NC(=O)CCCCCCCCCCCCCCCCCCCCCCCCCCC. The molecule has 0 saturated carbocycles. The molecule has 0 fully saturated rings. The van der Waals surface area contributed by atoms with Crippen molar-refractivity contribution in [3.8, 4) is 0 Å². The van der Waals surface area contributed by atoms with Crippen molar-refractivity contribution in [2.24, 2.45) is 0 Å². The van der Waals surface area contributed by atoms with E-state index < -0.39 is 20.0 Å². The minimum Gasteiger partial charge on any atom is -0.456 e. The second-order valence-electron chi connectivity index (χ2n) is 24.4. The van der Waals surface area contributed by atoms with Crippen LogP contribution < -0.4 is 5.32 Å². The Bertz CT molecular complexity index is 1430. The number of likely N-dealkylation sites (N-methyl/N-ethyl adjacent to an activating group) is 1. The average molecular weight is 1120 g/mol. The zero-order valence-corrected chi connectivity index (χ0v) is 53.6. The number of rotatable bonds is 62. The maximum Gasteiger partial charge on any atom is 0.472 e. The summed E-state index contributed by atoms with van der Waals surface area (Å²) in [6.07, 6.45) is 71.6. The summed E-state index contributed by atoms with van der Waals surface area (Å²) in [5.74, 6) is -0.503. The largest absolute Gasteiger partial charge is 0.472 e. The molecular formula is C68H132N2O7P+. The van der Waals surface area contributed by atoms with Gasteiger partial charge in [0.1, 0.15) is 19.3 Å². The number of hydrogen-bond donors (Lipinski definition) is 2. The van der Waals surface area contributed by atoms with E-state index in [1.165, 1.54) is 225 Å². The van der Waals surface area contributed by atoms with Crippen molar-refractivity contribution in [2.45, 2.75) is 348 Å². The van der Waals surface area contributed by atoms with Gasteiger partial charge in [-0.05, 0) is 57.4 Å². The Morgan fingerprint density at radius 1 is 0.449 bits per heavy atom. The van der Waals surface area contributed by atoms with Crippen LogP contribution in [0.15, 0.2) is 36.5 Å². The first-order valence-electron chi connectivity index (χ1n) is 33.8. The predicted octanol–water partition coefficient (Wildman–Crippen LogP) is 21.1. The number of nitrogens with zero attached hydrogens (tertiary/aromatic N) is 1. The van der Waals surface area contributed by atoms with Gasteiger partial charge in [-0.25, -0.2) is 4.57 Å². The molecule has 3 unspecified atom stereocenters. The Balaban J connectivity index is 5.04. The van der Waals surface area contributed by atoms with Crippen molar-refractivity contribution in [1.82, 2.24) is 5.32 Å². The molecule has 0 aromatic carbocycles. The second-order valence-corrected chi connectivity index (χ2v) is 25.8. The third-order valence-corrected chi connectivity index (χ3v) is 16.3. The molecule has 0 bridgehead atoms. The Hall–Kier alpha value is -1.77. The minimum atomic E-state index is -4.45. The van der Waals surface area contributed by atoms with Crippen LogP contribution in [-0.4, -0.2) is 74.3 Å². The number of phosphoric ester groups is 1. The summed E-state index contributed by atoms with van der Waals surface area (Å²) in [5.41, 5.74) is 0. The Morgan fingerprint density at radius 2 is 0.769 bits per heavy atom. The molecule has 10 heteroatoms. The molecule has 9 nitrogen and oxygen atoms in total. The summed E-state index contributed by atoms with van der Waals surface area (Å²) in [5, 5.41) is 3.07. The molecule has 0 aromatic rings. The van der Waals surface area contributed by atoms with Crippen LogP contribution in [-0.2, 0) is 27.9 Å². The molecule has 78 heavy (non-hydrogen) atoms. The summed E-state index contributed by atoms with van der Waals surface area (Å²) < 4.78 is 30.7. The smallest absolute Gasteiger partial charge is 0.456 e. The maximum absolute atomic E-state index is 13.6. The fourth-order valence-electron chi connectivity index (χ4n) is 10.1. The number of phosphoric acid groups is 1. The average Bonchev–Trinajstić information content (AvgIpc) is 3.40. The van der Waals surface area contributed by atoms with E-state index >= 15 is 0 Å². The van der Waals surface area contributed by atoms with E-state index in [2.05, 4.69) is 50.4 Å². The number of unbranched alkanes of at least 4 members (excludes halogenated alkanes) is 43. The van der Waals surface area contributed by atoms with Gasteiger partial charge in [0.15, 0.2) is 0 Å². The van der Waals surface area contributed by atoms with E-state index in [1.54, 1.807) is 0 Å². The van der Waals surface area contributed by atoms with Crippen LogP contribution in [0.1, 0.15) is 335 Å². The molecule has 0 aliphatic heterocycles. The molecule has 2 N–H and O–H groups in total. The lowest BCUT2D eigenvalue weighted by Gasteiger charge is -2.27. The number of esters is 1. The molecule has 0 radical (unpaired) electrons. The van der Waals surface area contributed by atoms with Crippen molar-refractivity contribution in [3.05, 3.63) is 36.5 Å². The van der Waals surface area contributed by atoms with E-state index in [9.17, 15) is 19.0 Å². The third kappa shape index (κ3) is 58.9. The number of nitrogens with one attached hydrogen (secondary N) is 1. The van der Waals surface area contributed by atoms with Crippen LogP contribution in [0.4, 0.5) is 0 Å².